The molecule has 0 saturated heterocycles. The average Bonchev–Trinajstić information content (AvgIpc) is 2.47. The zero-order valence-corrected chi connectivity index (χ0v) is 8.57. The maximum Gasteiger partial charge on any atom is 0.217 e. The number of halogens is 1. The van der Waals surface area contributed by atoms with E-state index in [9.17, 15) is 4.79 Å². The Morgan fingerprint density at radius 3 is 2.77 bits per heavy atom. The molecule has 0 saturated carbocycles. The van der Waals surface area contributed by atoms with Gasteiger partial charge in [-0.1, -0.05) is 11.6 Å². The number of amides is 1. The Morgan fingerprint density at radius 1 is 1.62 bits per heavy atom. The van der Waals surface area contributed by atoms with Crippen molar-refractivity contribution in [2.75, 3.05) is 0 Å². The van der Waals surface area contributed by atoms with Crippen LogP contribution in [0.25, 0.3) is 0 Å². The van der Waals surface area contributed by atoms with Crippen LogP contribution in [-0.2, 0) is 4.79 Å². The molecule has 3 nitrogen and oxygen atoms in total. The molecule has 0 aliphatic carbocycles. The molecule has 0 aliphatic rings. The standard InChI is InChI=1S/C8H11ClN2OS/c9-7-3-2-6(13-7)5(10)1-4-8(11)12/h2-3,5H,1,4,10H2,(H2,11,12). The second kappa shape index (κ2) is 4.60. The number of thiophene rings is 1. The fourth-order valence-corrected chi connectivity index (χ4v) is 2.06. The highest BCUT2D eigenvalue weighted by atomic mass is 35.5. The Balaban J connectivity index is 2.48. The number of carbonyl (C=O) groups excluding carboxylic acids is 1. The number of hydrogen-bond acceptors (Lipinski definition) is 3. The quantitative estimate of drug-likeness (QED) is 0.807. The van der Waals surface area contributed by atoms with E-state index in [0.717, 1.165) is 4.88 Å². The third-order valence-electron chi connectivity index (χ3n) is 1.66. The van der Waals surface area contributed by atoms with E-state index in [4.69, 9.17) is 23.1 Å². The fourth-order valence-electron chi connectivity index (χ4n) is 0.968. The molecule has 0 bridgehead atoms. The molecular formula is C8H11ClN2OS. The Hall–Kier alpha value is -0.580. The molecule has 0 fully saturated rings. The van der Waals surface area contributed by atoms with E-state index in [1.54, 1.807) is 6.07 Å². The summed E-state index contributed by atoms with van der Waals surface area (Å²) in [6.07, 6.45) is 0.892. The Kier molecular flexibility index (Phi) is 3.71. The first kappa shape index (κ1) is 10.5. The first-order valence-corrected chi connectivity index (χ1v) is 5.08. The van der Waals surface area contributed by atoms with Crippen LogP contribution in [0.3, 0.4) is 0 Å². The summed E-state index contributed by atoms with van der Waals surface area (Å²) in [7, 11) is 0. The second-order valence-electron chi connectivity index (χ2n) is 2.75. The molecule has 0 aliphatic heterocycles. The van der Waals surface area contributed by atoms with Gasteiger partial charge < -0.3 is 11.5 Å². The van der Waals surface area contributed by atoms with Gasteiger partial charge in [-0.2, -0.15) is 0 Å². The zero-order valence-electron chi connectivity index (χ0n) is 7.00. The lowest BCUT2D eigenvalue weighted by Crippen LogP contribution is -2.15. The number of nitrogens with two attached hydrogens (primary N) is 2. The van der Waals surface area contributed by atoms with Gasteiger partial charge in [0.05, 0.1) is 4.34 Å². The van der Waals surface area contributed by atoms with Gasteiger partial charge in [0.2, 0.25) is 5.91 Å². The predicted octanol–water partition coefficient (Wildman–Crippen LogP) is 1.67. The molecule has 1 heterocycles. The number of hydrogen-bond donors (Lipinski definition) is 2. The van der Waals surface area contributed by atoms with Gasteiger partial charge >= 0.3 is 0 Å². The van der Waals surface area contributed by atoms with Crippen LogP contribution in [0.4, 0.5) is 0 Å². The first-order chi connectivity index (χ1) is 6.09. The van der Waals surface area contributed by atoms with Gasteiger partial charge in [0.1, 0.15) is 0 Å². The van der Waals surface area contributed by atoms with Gasteiger partial charge in [0.15, 0.2) is 0 Å². The summed E-state index contributed by atoms with van der Waals surface area (Å²) in [5, 5.41) is 0. The van der Waals surface area contributed by atoms with Crippen LogP contribution in [0.15, 0.2) is 12.1 Å². The minimum absolute atomic E-state index is 0.134. The molecular weight excluding hydrogens is 208 g/mol. The Morgan fingerprint density at radius 2 is 2.31 bits per heavy atom. The normalized spacial score (nSPS) is 12.8. The van der Waals surface area contributed by atoms with Gasteiger partial charge in [-0.05, 0) is 18.6 Å². The minimum atomic E-state index is -0.321. The molecule has 72 valence electrons. The molecule has 0 spiro atoms. The number of carbonyl (C=O) groups is 1. The molecule has 1 aromatic heterocycles. The minimum Gasteiger partial charge on any atom is -0.370 e. The number of primary amides is 1. The molecule has 1 amide bonds. The summed E-state index contributed by atoms with van der Waals surface area (Å²) in [6.45, 7) is 0. The van der Waals surface area contributed by atoms with E-state index in [0.29, 0.717) is 17.2 Å². The summed E-state index contributed by atoms with van der Waals surface area (Å²) < 4.78 is 0.713. The average molecular weight is 219 g/mol. The van der Waals surface area contributed by atoms with E-state index in [1.807, 2.05) is 6.07 Å². The second-order valence-corrected chi connectivity index (χ2v) is 4.50. The van der Waals surface area contributed by atoms with Crippen molar-refractivity contribution >= 4 is 28.8 Å². The van der Waals surface area contributed by atoms with Crippen molar-refractivity contribution in [3.63, 3.8) is 0 Å². The van der Waals surface area contributed by atoms with Gasteiger partial charge in [0, 0.05) is 17.3 Å². The van der Waals surface area contributed by atoms with Crippen molar-refractivity contribution in [2.24, 2.45) is 11.5 Å². The predicted molar refractivity (Wildman–Crippen MR) is 54.7 cm³/mol. The van der Waals surface area contributed by atoms with Crippen LogP contribution in [0.1, 0.15) is 23.8 Å². The van der Waals surface area contributed by atoms with Crippen LogP contribution in [0.5, 0.6) is 0 Å². The van der Waals surface area contributed by atoms with Crippen molar-refractivity contribution in [1.29, 1.82) is 0 Å². The fraction of sp³-hybridized carbons (Fsp3) is 0.375. The highest BCUT2D eigenvalue weighted by molar-refractivity contribution is 7.16. The van der Waals surface area contributed by atoms with Crippen molar-refractivity contribution in [3.05, 3.63) is 21.3 Å². The Labute approximate surface area is 85.7 Å². The summed E-state index contributed by atoms with van der Waals surface area (Å²) >= 11 is 7.17. The van der Waals surface area contributed by atoms with Gasteiger partial charge in [-0.25, -0.2) is 0 Å². The van der Waals surface area contributed by atoms with Crippen molar-refractivity contribution < 1.29 is 4.79 Å². The SMILES string of the molecule is NC(=O)CCC(N)c1ccc(Cl)s1. The van der Waals surface area contributed by atoms with Gasteiger partial charge in [0.25, 0.3) is 0 Å². The van der Waals surface area contributed by atoms with Crippen LogP contribution in [0, 0.1) is 0 Å². The summed E-state index contributed by atoms with van der Waals surface area (Å²) in [4.78, 5) is 11.5. The topological polar surface area (TPSA) is 69.1 Å². The maximum absolute atomic E-state index is 10.5. The molecule has 0 radical (unpaired) electrons. The molecule has 4 N–H and O–H groups in total. The maximum atomic E-state index is 10.5. The Bertz CT molecular complexity index is 300. The van der Waals surface area contributed by atoms with E-state index in [1.165, 1.54) is 11.3 Å². The smallest absolute Gasteiger partial charge is 0.217 e. The van der Waals surface area contributed by atoms with Gasteiger partial charge in [-0.15, -0.1) is 11.3 Å². The lowest BCUT2D eigenvalue weighted by molar-refractivity contribution is -0.118. The van der Waals surface area contributed by atoms with Crippen LogP contribution >= 0.6 is 22.9 Å². The lowest BCUT2D eigenvalue weighted by atomic mass is 10.1. The largest absolute Gasteiger partial charge is 0.370 e. The van der Waals surface area contributed by atoms with E-state index >= 15 is 0 Å². The summed E-state index contributed by atoms with van der Waals surface area (Å²) in [5.41, 5.74) is 10.8. The van der Waals surface area contributed by atoms with E-state index in [-0.39, 0.29) is 11.9 Å². The molecule has 13 heavy (non-hydrogen) atoms. The van der Waals surface area contributed by atoms with E-state index < -0.39 is 0 Å². The highest BCUT2D eigenvalue weighted by Crippen LogP contribution is 2.27. The third-order valence-corrected chi connectivity index (χ3v) is 3.02. The zero-order chi connectivity index (χ0) is 9.84. The van der Waals surface area contributed by atoms with Crippen LogP contribution in [0.2, 0.25) is 4.34 Å². The molecule has 1 atom stereocenters. The van der Waals surface area contributed by atoms with Crippen LogP contribution in [-0.4, -0.2) is 5.91 Å². The van der Waals surface area contributed by atoms with Gasteiger partial charge in [-0.3, -0.25) is 4.79 Å². The monoisotopic (exact) mass is 218 g/mol. The molecule has 0 aromatic carbocycles. The van der Waals surface area contributed by atoms with E-state index in [2.05, 4.69) is 0 Å². The molecule has 1 unspecified atom stereocenters. The summed E-state index contributed by atoms with van der Waals surface area (Å²) in [5.74, 6) is -0.321. The number of rotatable bonds is 4. The van der Waals surface area contributed by atoms with Crippen molar-refractivity contribution in [1.82, 2.24) is 0 Å². The molecule has 5 heteroatoms. The summed E-state index contributed by atoms with van der Waals surface area (Å²) in [6, 6.07) is 3.54. The molecule has 1 rings (SSSR count). The third kappa shape index (κ3) is 3.34. The lowest BCUT2D eigenvalue weighted by Gasteiger charge is -2.06. The molecule has 1 aromatic rings. The van der Waals surface area contributed by atoms with Crippen LogP contribution < -0.4 is 11.5 Å². The first-order valence-electron chi connectivity index (χ1n) is 3.88. The van der Waals surface area contributed by atoms with Crippen molar-refractivity contribution in [2.45, 2.75) is 18.9 Å². The van der Waals surface area contributed by atoms with Crippen molar-refractivity contribution in [3.8, 4) is 0 Å². The highest BCUT2D eigenvalue weighted by Gasteiger charge is 2.09.